The van der Waals surface area contributed by atoms with Gasteiger partial charge >= 0.3 is 0 Å². The third-order valence-electron chi connectivity index (χ3n) is 4.99. The fraction of sp³-hybridized carbons (Fsp3) is 0.500. The van der Waals surface area contributed by atoms with Crippen LogP contribution in [0.4, 0.5) is 0 Å². The molecule has 0 aromatic heterocycles. The predicted molar refractivity (Wildman–Crippen MR) is 108 cm³/mol. The molecule has 4 aliphatic carbocycles. The van der Waals surface area contributed by atoms with Gasteiger partial charge in [-0.3, -0.25) is 0 Å². The highest BCUT2D eigenvalue weighted by atomic mass is 14.3. The lowest BCUT2D eigenvalue weighted by molar-refractivity contribution is 0.675. The van der Waals surface area contributed by atoms with Crippen molar-refractivity contribution in [1.82, 2.24) is 0 Å². The first-order chi connectivity index (χ1) is 11.9. The van der Waals surface area contributed by atoms with Crippen molar-refractivity contribution in [1.29, 1.82) is 0 Å². The molecule has 0 radical (unpaired) electrons. The van der Waals surface area contributed by atoms with Crippen LogP contribution in [0.15, 0.2) is 72.4 Å². The fourth-order valence-electron chi connectivity index (χ4n) is 3.46. The quantitative estimate of drug-likeness (QED) is 0.430. The Kier molecular flexibility index (Phi) is 9.31. The number of hydrogen-bond donors (Lipinski definition) is 0. The summed E-state index contributed by atoms with van der Waals surface area (Å²) in [5.41, 5.74) is 3.02. The molecule has 1 unspecified atom stereocenters. The average Bonchev–Trinajstić information content (AvgIpc) is 3.09. The van der Waals surface area contributed by atoms with Crippen molar-refractivity contribution >= 4 is 0 Å². The Morgan fingerprint density at radius 3 is 1.42 bits per heavy atom. The van der Waals surface area contributed by atoms with Crippen LogP contribution in [0.2, 0.25) is 0 Å². The molecule has 0 aromatic carbocycles. The van der Waals surface area contributed by atoms with Crippen LogP contribution in [0, 0.1) is 5.92 Å². The summed E-state index contributed by atoms with van der Waals surface area (Å²) >= 11 is 0. The third kappa shape index (κ3) is 7.81. The zero-order valence-corrected chi connectivity index (χ0v) is 15.3. The van der Waals surface area contributed by atoms with E-state index >= 15 is 0 Å². The van der Waals surface area contributed by atoms with Gasteiger partial charge in [-0.05, 0) is 76.5 Å². The van der Waals surface area contributed by atoms with Crippen LogP contribution in [0.3, 0.4) is 0 Å². The number of rotatable bonds is 0. The maximum atomic E-state index is 3.96. The smallest absolute Gasteiger partial charge is 0.0127 e. The zero-order chi connectivity index (χ0) is 16.9. The standard InChI is InChI=1S/C8H10.2C8H12/c1-6-4-7-2-3-8(6)5-7;2*1-2-4-6-8-7-5-3-1/h4,8H,1-3,5H2;2*1-4H,5-8H2. The van der Waals surface area contributed by atoms with Gasteiger partial charge in [-0.1, -0.05) is 72.4 Å². The SMILES string of the molecule is C1=CCCCCC=C1.C1=CCCCCC=C1.C=C1C=C2CCC1C2. The van der Waals surface area contributed by atoms with Gasteiger partial charge in [0, 0.05) is 0 Å². The van der Waals surface area contributed by atoms with E-state index in [0.29, 0.717) is 0 Å². The number of hydrogen-bond acceptors (Lipinski definition) is 0. The van der Waals surface area contributed by atoms with Crippen LogP contribution in [0.5, 0.6) is 0 Å². The van der Waals surface area contributed by atoms with Crippen LogP contribution in [-0.4, -0.2) is 0 Å². The molecule has 4 rings (SSSR count). The lowest BCUT2D eigenvalue weighted by Gasteiger charge is -2.03. The lowest BCUT2D eigenvalue weighted by atomic mass is 10.0. The van der Waals surface area contributed by atoms with Gasteiger partial charge in [0.15, 0.2) is 0 Å². The van der Waals surface area contributed by atoms with E-state index in [0.717, 1.165) is 5.92 Å². The third-order valence-corrected chi connectivity index (χ3v) is 4.99. The van der Waals surface area contributed by atoms with Crippen molar-refractivity contribution in [3.8, 4) is 0 Å². The van der Waals surface area contributed by atoms with Crippen LogP contribution < -0.4 is 0 Å². The molecule has 1 fully saturated rings. The molecule has 1 saturated carbocycles. The van der Waals surface area contributed by atoms with Crippen LogP contribution in [0.1, 0.15) is 70.6 Å². The Labute approximate surface area is 149 Å². The molecule has 130 valence electrons. The maximum absolute atomic E-state index is 3.96. The fourth-order valence-corrected chi connectivity index (χ4v) is 3.46. The molecule has 0 spiro atoms. The van der Waals surface area contributed by atoms with Crippen molar-refractivity contribution in [3.63, 3.8) is 0 Å². The first kappa shape index (κ1) is 18.8. The van der Waals surface area contributed by atoms with Gasteiger partial charge < -0.3 is 0 Å². The van der Waals surface area contributed by atoms with E-state index in [1.807, 2.05) is 0 Å². The van der Waals surface area contributed by atoms with Crippen LogP contribution >= 0.6 is 0 Å². The van der Waals surface area contributed by atoms with E-state index in [4.69, 9.17) is 0 Å². The molecule has 24 heavy (non-hydrogen) atoms. The second-order valence-electron chi connectivity index (χ2n) is 7.10. The van der Waals surface area contributed by atoms with E-state index in [9.17, 15) is 0 Å². The van der Waals surface area contributed by atoms with Crippen LogP contribution in [-0.2, 0) is 0 Å². The topological polar surface area (TPSA) is 0 Å². The molecular weight excluding hydrogens is 288 g/mol. The van der Waals surface area contributed by atoms with Crippen molar-refractivity contribution in [2.45, 2.75) is 70.6 Å². The lowest BCUT2D eigenvalue weighted by Crippen LogP contribution is -1.90. The number of fused-ring (bicyclic) bond motifs is 2. The van der Waals surface area contributed by atoms with E-state index < -0.39 is 0 Å². The van der Waals surface area contributed by atoms with Gasteiger partial charge in [0.05, 0.1) is 0 Å². The highest BCUT2D eigenvalue weighted by Crippen LogP contribution is 2.41. The van der Waals surface area contributed by atoms with Crippen molar-refractivity contribution in [2.24, 2.45) is 5.92 Å². The Bertz CT molecular complexity index is 454. The molecule has 0 heterocycles. The highest BCUT2D eigenvalue weighted by Gasteiger charge is 2.26. The summed E-state index contributed by atoms with van der Waals surface area (Å²) in [6, 6.07) is 0. The molecule has 1 atom stereocenters. The first-order valence-corrected chi connectivity index (χ1v) is 9.88. The summed E-state index contributed by atoms with van der Waals surface area (Å²) in [5, 5.41) is 0. The minimum absolute atomic E-state index is 0.852. The Hall–Kier alpha value is -1.56. The van der Waals surface area contributed by atoms with Crippen molar-refractivity contribution in [2.75, 3.05) is 0 Å². The highest BCUT2D eigenvalue weighted by molar-refractivity contribution is 5.35. The summed E-state index contributed by atoms with van der Waals surface area (Å²) in [6.45, 7) is 3.96. The summed E-state index contributed by atoms with van der Waals surface area (Å²) in [5.74, 6) is 0.852. The van der Waals surface area contributed by atoms with Gasteiger partial charge in [-0.2, -0.15) is 0 Å². The summed E-state index contributed by atoms with van der Waals surface area (Å²) in [7, 11) is 0. The maximum Gasteiger partial charge on any atom is -0.0127 e. The minimum Gasteiger partial charge on any atom is -0.0955 e. The molecule has 0 aliphatic heterocycles. The normalized spacial score (nSPS) is 24.6. The zero-order valence-electron chi connectivity index (χ0n) is 15.3. The van der Waals surface area contributed by atoms with E-state index in [1.165, 1.54) is 76.2 Å². The Balaban J connectivity index is 0.000000130. The molecule has 0 amide bonds. The second kappa shape index (κ2) is 11.9. The van der Waals surface area contributed by atoms with Gasteiger partial charge in [0.2, 0.25) is 0 Å². The van der Waals surface area contributed by atoms with E-state index in [2.05, 4.69) is 61.3 Å². The van der Waals surface area contributed by atoms with Crippen LogP contribution in [0.25, 0.3) is 0 Å². The summed E-state index contributed by atoms with van der Waals surface area (Å²) in [4.78, 5) is 0. The predicted octanol–water partition coefficient (Wildman–Crippen LogP) is 7.63. The van der Waals surface area contributed by atoms with Gasteiger partial charge in [-0.15, -0.1) is 0 Å². The molecular formula is C24H34. The Morgan fingerprint density at radius 2 is 1.17 bits per heavy atom. The van der Waals surface area contributed by atoms with Gasteiger partial charge in [0.25, 0.3) is 0 Å². The van der Waals surface area contributed by atoms with Crippen molar-refractivity contribution in [3.05, 3.63) is 72.4 Å². The Morgan fingerprint density at radius 1 is 0.708 bits per heavy atom. The summed E-state index contributed by atoms with van der Waals surface area (Å²) < 4.78 is 0. The summed E-state index contributed by atoms with van der Waals surface area (Å²) in [6.07, 6.45) is 34.3. The number of allylic oxidation sites excluding steroid dienone is 11. The first-order valence-electron chi connectivity index (χ1n) is 9.88. The van der Waals surface area contributed by atoms with Crippen molar-refractivity contribution < 1.29 is 0 Å². The molecule has 0 heteroatoms. The van der Waals surface area contributed by atoms with E-state index in [-0.39, 0.29) is 0 Å². The molecule has 0 nitrogen and oxygen atoms in total. The van der Waals surface area contributed by atoms with Gasteiger partial charge in [0.1, 0.15) is 0 Å². The van der Waals surface area contributed by atoms with E-state index in [1.54, 1.807) is 5.57 Å². The second-order valence-corrected chi connectivity index (χ2v) is 7.10. The monoisotopic (exact) mass is 322 g/mol. The molecule has 0 aromatic rings. The molecule has 2 bridgehead atoms. The molecule has 0 N–H and O–H groups in total. The average molecular weight is 323 g/mol. The van der Waals surface area contributed by atoms with Gasteiger partial charge in [-0.25, -0.2) is 0 Å². The molecule has 4 aliphatic rings. The molecule has 0 saturated heterocycles. The largest absolute Gasteiger partial charge is 0.0955 e. The minimum atomic E-state index is 0.852.